The Balaban J connectivity index is 2.33. The molecule has 0 aliphatic rings. The van der Waals surface area contributed by atoms with Gasteiger partial charge in [0.05, 0.1) is 0 Å². The topological polar surface area (TPSA) is 33.0 Å². The molecule has 0 heterocycles. The summed E-state index contributed by atoms with van der Waals surface area (Å²) in [6, 6.07) is 16.0. The summed E-state index contributed by atoms with van der Waals surface area (Å²) in [5, 5.41) is 9.40. The van der Waals surface area contributed by atoms with Crippen LogP contribution in [0.4, 0.5) is 0 Å². The predicted octanol–water partition coefficient (Wildman–Crippen LogP) is 5.59. The number of thioether (sulfide) groups is 1. The first-order chi connectivity index (χ1) is 10.2. The van der Waals surface area contributed by atoms with Crippen LogP contribution in [0.3, 0.4) is 0 Å². The van der Waals surface area contributed by atoms with Gasteiger partial charge in [-0.3, -0.25) is 0 Å². The van der Waals surface area contributed by atoms with E-state index in [-0.39, 0.29) is 0 Å². The molecule has 0 unspecified atom stereocenters. The van der Waals surface area contributed by atoms with Gasteiger partial charge in [-0.05, 0) is 41.5 Å². The number of hydrogen-bond acceptors (Lipinski definition) is 3. The van der Waals surface area contributed by atoms with Gasteiger partial charge in [0.25, 0.3) is 0 Å². The van der Waals surface area contributed by atoms with Gasteiger partial charge in [-0.25, -0.2) is 0 Å². The molecule has 0 aromatic heterocycles. The highest BCUT2D eigenvalue weighted by molar-refractivity contribution is 7.99. The highest BCUT2D eigenvalue weighted by Gasteiger charge is 2.10. The van der Waals surface area contributed by atoms with Crippen molar-refractivity contribution in [2.24, 2.45) is 0 Å². The molecule has 0 atom stereocenters. The lowest BCUT2D eigenvalue weighted by Gasteiger charge is -2.12. The molecular weight excluding hydrogens is 278 g/mol. The summed E-state index contributed by atoms with van der Waals surface area (Å²) in [5.41, 5.74) is 1.84. The smallest absolute Gasteiger partial charge is 0.146 e. The molecule has 0 fully saturated rings. The molecule has 0 bridgehead atoms. The normalized spacial score (nSPS) is 10.4. The van der Waals surface area contributed by atoms with E-state index in [1.54, 1.807) is 11.8 Å². The van der Waals surface area contributed by atoms with Crippen molar-refractivity contribution in [3.63, 3.8) is 0 Å². The number of nitrogens with zero attached hydrogens (tertiary/aromatic N) is 1. The summed E-state index contributed by atoms with van der Waals surface area (Å²) in [7, 11) is 0. The Labute approximate surface area is 130 Å². The summed E-state index contributed by atoms with van der Waals surface area (Å²) in [4.78, 5) is 0.970. The lowest BCUT2D eigenvalue weighted by atomic mass is 10.0. The molecule has 21 heavy (non-hydrogen) atoms. The van der Waals surface area contributed by atoms with E-state index in [4.69, 9.17) is 4.74 Å². The standard InChI is InChI=1S/C18H19NOS/c1-4-21-18-10-6-9-17(16(18)12-19)20-15-8-5-7-14(11-15)13(2)3/h5-11,13H,4H2,1-3H3. The maximum absolute atomic E-state index is 9.40. The lowest BCUT2D eigenvalue weighted by Crippen LogP contribution is -1.93. The van der Waals surface area contributed by atoms with E-state index in [0.717, 1.165) is 16.4 Å². The molecule has 2 nitrogen and oxygen atoms in total. The van der Waals surface area contributed by atoms with E-state index in [9.17, 15) is 5.26 Å². The van der Waals surface area contributed by atoms with Crippen LogP contribution in [0.15, 0.2) is 47.4 Å². The fourth-order valence-electron chi connectivity index (χ4n) is 2.05. The van der Waals surface area contributed by atoms with E-state index in [1.807, 2.05) is 36.4 Å². The van der Waals surface area contributed by atoms with Crippen molar-refractivity contribution in [1.82, 2.24) is 0 Å². The fraction of sp³-hybridized carbons (Fsp3) is 0.278. The van der Waals surface area contributed by atoms with Crippen LogP contribution in [0.1, 0.15) is 37.8 Å². The molecule has 2 aromatic carbocycles. The zero-order valence-corrected chi connectivity index (χ0v) is 13.4. The summed E-state index contributed by atoms with van der Waals surface area (Å²) in [6.45, 7) is 6.38. The third-order valence-electron chi connectivity index (χ3n) is 3.15. The average Bonchev–Trinajstić information content (AvgIpc) is 2.48. The van der Waals surface area contributed by atoms with Crippen LogP contribution in [0.2, 0.25) is 0 Å². The Bertz CT molecular complexity index is 659. The summed E-state index contributed by atoms with van der Waals surface area (Å²) < 4.78 is 5.94. The van der Waals surface area contributed by atoms with Gasteiger partial charge in [-0.15, -0.1) is 11.8 Å². The molecule has 0 saturated carbocycles. The van der Waals surface area contributed by atoms with E-state index < -0.39 is 0 Å². The van der Waals surface area contributed by atoms with Crippen molar-refractivity contribution in [3.05, 3.63) is 53.6 Å². The van der Waals surface area contributed by atoms with Crippen LogP contribution >= 0.6 is 11.8 Å². The van der Waals surface area contributed by atoms with E-state index in [0.29, 0.717) is 17.2 Å². The third kappa shape index (κ3) is 3.80. The van der Waals surface area contributed by atoms with E-state index >= 15 is 0 Å². The van der Waals surface area contributed by atoms with Gasteiger partial charge in [0, 0.05) is 4.90 Å². The van der Waals surface area contributed by atoms with E-state index in [1.165, 1.54) is 5.56 Å². The lowest BCUT2D eigenvalue weighted by molar-refractivity contribution is 0.478. The van der Waals surface area contributed by atoms with Gasteiger partial charge in [0.15, 0.2) is 0 Å². The average molecular weight is 297 g/mol. The zero-order valence-electron chi connectivity index (χ0n) is 12.6. The first kappa shape index (κ1) is 15.5. The first-order valence-electron chi connectivity index (χ1n) is 7.09. The molecule has 0 saturated heterocycles. The number of ether oxygens (including phenoxy) is 1. The van der Waals surface area contributed by atoms with Crippen LogP contribution in [0.25, 0.3) is 0 Å². The Morgan fingerprint density at radius 2 is 1.95 bits per heavy atom. The van der Waals surface area contributed by atoms with Gasteiger partial charge >= 0.3 is 0 Å². The number of nitriles is 1. The molecular formula is C18H19NOS. The Morgan fingerprint density at radius 1 is 1.19 bits per heavy atom. The van der Waals surface area contributed by atoms with Gasteiger partial charge in [-0.2, -0.15) is 5.26 Å². The Hall–Kier alpha value is -1.92. The molecule has 0 amide bonds. The zero-order chi connectivity index (χ0) is 15.2. The second kappa shape index (κ2) is 7.19. The van der Waals surface area contributed by atoms with Gasteiger partial charge in [-0.1, -0.05) is 39.0 Å². The van der Waals surface area contributed by atoms with Gasteiger partial charge < -0.3 is 4.74 Å². The van der Waals surface area contributed by atoms with Crippen molar-refractivity contribution in [2.45, 2.75) is 31.6 Å². The summed E-state index contributed by atoms with van der Waals surface area (Å²) >= 11 is 1.66. The molecule has 0 spiro atoms. The number of rotatable bonds is 5. The maximum Gasteiger partial charge on any atom is 0.146 e. The molecule has 108 valence electrons. The van der Waals surface area contributed by atoms with Gasteiger partial charge in [0.1, 0.15) is 23.1 Å². The van der Waals surface area contributed by atoms with Crippen LogP contribution in [-0.2, 0) is 0 Å². The van der Waals surface area contributed by atoms with Crippen molar-refractivity contribution in [1.29, 1.82) is 5.26 Å². The predicted molar refractivity (Wildman–Crippen MR) is 88.2 cm³/mol. The minimum Gasteiger partial charge on any atom is -0.456 e. The minimum absolute atomic E-state index is 0.450. The fourth-order valence-corrected chi connectivity index (χ4v) is 2.82. The molecule has 0 aliphatic carbocycles. The second-order valence-corrected chi connectivity index (χ2v) is 6.31. The summed E-state index contributed by atoms with van der Waals surface area (Å²) in [5.74, 6) is 2.78. The minimum atomic E-state index is 0.450. The number of hydrogen-bond donors (Lipinski definition) is 0. The second-order valence-electron chi connectivity index (χ2n) is 5.00. The SMILES string of the molecule is CCSc1cccc(Oc2cccc(C(C)C)c2)c1C#N. The highest BCUT2D eigenvalue weighted by Crippen LogP contribution is 2.33. The van der Waals surface area contributed by atoms with Crippen LogP contribution in [0, 0.1) is 11.3 Å². The third-order valence-corrected chi connectivity index (χ3v) is 4.09. The van der Waals surface area contributed by atoms with Crippen LogP contribution < -0.4 is 4.74 Å². The monoisotopic (exact) mass is 297 g/mol. The van der Waals surface area contributed by atoms with Crippen LogP contribution in [-0.4, -0.2) is 5.75 Å². The van der Waals surface area contributed by atoms with Gasteiger partial charge in [0.2, 0.25) is 0 Å². The summed E-state index contributed by atoms with van der Waals surface area (Å²) in [6.07, 6.45) is 0. The quantitative estimate of drug-likeness (QED) is 0.675. The Kier molecular flexibility index (Phi) is 5.30. The Morgan fingerprint density at radius 3 is 2.62 bits per heavy atom. The maximum atomic E-state index is 9.40. The molecule has 2 rings (SSSR count). The van der Waals surface area contributed by atoms with Crippen molar-refractivity contribution < 1.29 is 4.74 Å². The highest BCUT2D eigenvalue weighted by atomic mass is 32.2. The van der Waals surface area contributed by atoms with E-state index in [2.05, 4.69) is 32.9 Å². The molecule has 0 aliphatic heterocycles. The molecule has 2 aromatic rings. The number of benzene rings is 2. The first-order valence-corrected chi connectivity index (χ1v) is 8.08. The van der Waals surface area contributed by atoms with Crippen molar-refractivity contribution >= 4 is 11.8 Å². The van der Waals surface area contributed by atoms with Crippen molar-refractivity contribution in [3.8, 4) is 17.6 Å². The molecule has 3 heteroatoms. The molecule has 0 radical (unpaired) electrons. The largest absolute Gasteiger partial charge is 0.456 e. The van der Waals surface area contributed by atoms with Crippen molar-refractivity contribution in [2.75, 3.05) is 5.75 Å². The molecule has 0 N–H and O–H groups in total. The van der Waals surface area contributed by atoms with Crippen LogP contribution in [0.5, 0.6) is 11.5 Å².